The van der Waals surface area contributed by atoms with Crippen molar-refractivity contribution in [3.8, 4) is 5.75 Å². The van der Waals surface area contributed by atoms with Gasteiger partial charge in [0.15, 0.2) is 0 Å². The fourth-order valence-electron chi connectivity index (χ4n) is 2.17. The van der Waals surface area contributed by atoms with Crippen molar-refractivity contribution >= 4 is 11.6 Å². The number of amides is 1. The molecule has 1 amide bonds. The van der Waals surface area contributed by atoms with E-state index in [0.29, 0.717) is 17.8 Å². The number of nitrogen functional groups attached to an aromatic ring is 1. The zero-order chi connectivity index (χ0) is 13.0. The molecular formula is C13H19N3O2. The molecule has 0 aromatic heterocycles. The number of rotatable bonds is 4. The first-order chi connectivity index (χ1) is 8.66. The fraction of sp³-hybridized carbons (Fsp3) is 0.462. The monoisotopic (exact) mass is 249 g/mol. The molecule has 2 rings (SSSR count). The highest BCUT2D eigenvalue weighted by atomic mass is 16.3. The molecule has 0 unspecified atom stereocenters. The lowest BCUT2D eigenvalue weighted by Gasteiger charge is -2.15. The molecule has 5 nitrogen and oxygen atoms in total. The van der Waals surface area contributed by atoms with Crippen LogP contribution in [-0.2, 0) is 0 Å². The van der Waals surface area contributed by atoms with Crippen LogP contribution >= 0.6 is 0 Å². The molecule has 0 bridgehead atoms. The Hall–Kier alpha value is -1.75. The van der Waals surface area contributed by atoms with E-state index >= 15 is 0 Å². The maximum atomic E-state index is 11.9. The average molecular weight is 249 g/mol. The first kappa shape index (κ1) is 12.7. The normalized spacial score (nSPS) is 15.8. The number of nitrogens with zero attached hydrogens (tertiary/aromatic N) is 1. The van der Waals surface area contributed by atoms with E-state index in [1.54, 1.807) is 0 Å². The molecule has 1 aromatic carbocycles. The Morgan fingerprint density at radius 3 is 2.83 bits per heavy atom. The van der Waals surface area contributed by atoms with Gasteiger partial charge in [0, 0.05) is 18.8 Å². The minimum Gasteiger partial charge on any atom is -0.508 e. The second-order valence-electron chi connectivity index (χ2n) is 4.58. The summed E-state index contributed by atoms with van der Waals surface area (Å²) < 4.78 is 0. The number of nitrogens with two attached hydrogens (primary N) is 1. The highest BCUT2D eigenvalue weighted by molar-refractivity contribution is 5.99. The number of likely N-dealkylation sites (tertiary alicyclic amines) is 1. The Labute approximate surface area is 107 Å². The minimum absolute atomic E-state index is 0.0499. The zero-order valence-electron chi connectivity index (χ0n) is 10.4. The third-order valence-corrected chi connectivity index (χ3v) is 3.19. The van der Waals surface area contributed by atoms with Crippen molar-refractivity contribution in [2.45, 2.75) is 12.8 Å². The summed E-state index contributed by atoms with van der Waals surface area (Å²) in [7, 11) is 0. The zero-order valence-corrected chi connectivity index (χ0v) is 10.4. The molecule has 98 valence electrons. The molecule has 1 saturated heterocycles. The summed E-state index contributed by atoms with van der Waals surface area (Å²) in [6.07, 6.45) is 2.49. The number of carbonyl (C=O) groups excluding carboxylic acids is 1. The summed E-state index contributed by atoms with van der Waals surface area (Å²) in [5, 5.41) is 12.2. The maximum Gasteiger partial charge on any atom is 0.253 e. The molecule has 0 saturated carbocycles. The summed E-state index contributed by atoms with van der Waals surface area (Å²) in [6.45, 7) is 3.70. The summed E-state index contributed by atoms with van der Waals surface area (Å²) >= 11 is 0. The van der Waals surface area contributed by atoms with E-state index in [-0.39, 0.29) is 11.7 Å². The van der Waals surface area contributed by atoms with E-state index in [1.165, 1.54) is 31.0 Å². The molecule has 0 aliphatic carbocycles. The van der Waals surface area contributed by atoms with Crippen LogP contribution in [-0.4, -0.2) is 42.1 Å². The Morgan fingerprint density at radius 1 is 1.39 bits per heavy atom. The molecule has 0 radical (unpaired) electrons. The van der Waals surface area contributed by atoms with Gasteiger partial charge in [-0.15, -0.1) is 0 Å². The molecule has 0 atom stereocenters. The maximum absolute atomic E-state index is 11.9. The van der Waals surface area contributed by atoms with Gasteiger partial charge >= 0.3 is 0 Å². The Kier molecular flexibility index (Phi) is 4.04. The molecule has 18 heavy (non-hydrogen) atoms. The molecule has 4 N–H and O–H groups in total. The number of hydrogen-bond acceptors (Lipinski definition) is 4. The predicted octanol–water partition coefficient (Wildman–Crippen LogP) is 0.800. The van der Waals surface area contributed by atoms with Gasteiger partial charge in [-0.2, -0.15) is 0 Å². The van der Waals surface area contributed by atoms with Crippen LogP contribution < -0.4 is 11.1 Å². The number of phenolic OH excluding ortho intramolecular Hbond substituents is 1. The smallest absolute Gasteiger partial charge is 0.253 e. The van der Waals surface area contributed by atoms with Crippen molar-refractivity contribution in [2.24, 2.45) is 0 Å². The topological polar surface area (TPSA) is 78.6 Å². The first-order valence-electron chi connectivity index (χ1n) is 6.26. The van der Waals surface area contributed by atoms with Crippen LogP contribution in [0.3, 0.4) is 0 Å². The number of anilines is 1. The highest BCUT2D eigenvalue weighted by Gasteiger charge is 2.13. The molecule has 1 aliphatic heterocycles. The summed E-state index contributed by atoms with van der Waals surface area (Å²) in [5.74, 6) is -0.184. The molecule has 1 aromatic rings. The van der Waals surface area contributed by atoms with E-state index in [9.17, 15) is 9.90 Å². The van der Waals surface area contributed by atoms with Crippen molar-refractivity contribution in [3.05, 3.63) is 23.8 Å². The SMILES string of the molecule is Nc1ccc(O)cc1C(=O)NCCN1CCCC1. The third kappa shape index (κ3) is 3.13. The van der Waals surface area contributed by atoms with E-state index in [2.05, 4.69) is 10.2 Å². The summed E-state index contributed by atoms with van der Waals surface area (Å²) in [4.78, 5) is 14.2. The van der Waals surface area contributed by atoms with Crippen LogP contribution in [0.1, 0.15) is 23.2 Å². The Balaban J connectivity index is 1.85. The van der Waals surface area contributed by atoms with Crippen LogP contribution in [0, 0.1) is 0 Å². The number of aromatic hydroxyl groups is 1. The number of hydrogen-bond donors (Lipinski definition) is 3. The van der Waals surface area contributed by atoms with Crippen LogP contribution in [0.2, 0.25) is 0 Å². The molecule has 0 spiro atoms. The lowest BCUT2D eigenvalue weighted by atomic mass is 10.1. The number of carbonyl (C=O) groups is 1. The van der Waals surface area contributed by atoms with Crippen LogP contribution in [0.5, 0.6) is 5.75 Å². The van der Waals surface area contributed by atoms with Crippen LogP contribution in [0.4, 0.5) is 5.69 Å². The van der Waals surface area contributed by atoms with Gasteiger partial charge in [-0.1, -0.05) is 0 Å². The Bertz CT molecular complexity index is 428. The molecule has 5 heteroatoms. The molecule has 1 heterocycles. The summed E-state index contributed by atoms with van der Waals surface area (Å²) in [5.41, 5.74) is 6.41. The van der Waals surface area contributed by atoms with Gasteiger partial charge in [0.1, 0.15) is 5.75 Å². The van der Waals surface area contributed by atoms with Gasteiger partial charge < -0.3 is 21.1 Å². The van der Waals surface area contributed by atoms with Gasteiger partial charge in [-0.05, 0) is 44.1 Å². The number of benzene rings is 1. The Morgan fingerprint density at radius 2 is 2.11 bits per heavy atom. The predicted molar refractivity (Wildman–Crippen MR) is 70.5 cm³/mol. The second-order valence-corrected chi connectivity index (χ2v) is 4.58. The summed E-state index contributed by atoms with van der Waals surface area (Å²) in [6, 6.07) is 4.39. The van der Waals surface area contributed by atoms with E-state index in [4.69, 9.17) is 5.73 Å². The van der Waals surface area contributed by atoms with E-state index in [1.807, 2.05) is 0 Å². The van der Waals surface area contributed by atoms with Crippen molar-refractivity contribution in [1.29, 1.82) is 0 Å². The second kappa shape index (κ2) is 5.73. The van der Waals surface area contributed by atoms with Crippen molar-refractivity contribution in [1.82, 2.24) is 10.2 Å². The standard InChI is InChI=1S/C13H19N3O2/c14-12-4-3-10(17)9-11(12)13(18)15-5-8-16-6-1-2-7-16/h3-4,9,17H,1-2,5-8,14H2,(H,15,18). The third-order valence-electron chi connectivity index (χ3n) is 3.19. The molecule has 1 fully saturated rings. The number of phenols is 1. The van der Waals surface area contributed by atoms with Gasteiger partial charge in [-0.25, -0.2) is 0 Å². The highest BCUT2D eigenvalue weighted by Crippen LogP contribution is 2.18. The van der Waals surface area contributed by atoms with Crippen LogP contribution in [0.15, 0.2) is 18.2 Å². The minimum atomic E-state index is -0.234. The lowest BCUT2D eigenvalue weighted by molar-refractivity contribution is 0.0950. The van der Waals surface area contributed by atoms with E-state index in [0.717, 1.165) is 19.6 Å². The molecular weight excluding hydrogens is 230 g/mol. The van der Waals surface area contributed by atoms with Crippen molar-refractivity contribution < 1.29 is 9.90 Å². The van der Waals surface area contributed by atoms with Crippen molar-refractivity contribution in [2.75, 3.05) is 31.9 Å². The first-order valence-corrected chi connectivity index (χ1v) is 6.26. The largest absolute Gasteiger partial charge is 0.508 e. The van der Waals surface area contributed by atoms with E-state index < -0.39 is 0 Å². The molecule has 1 aliphatic rings. The number of nitrogens with one attached hydrogen (secondary N) is 1. The fourth-order valence-corrected chi connectivity index (χ4v) is 2.17. The van der Waals surface area contributed by atoms with Gasteiger partial charge in [0.25, 0.3) is 5.91 Å². The van der Waals surface area contributed by atoms with Crippen LogP contribution in [0.25, 0.3) is 0 Å². The average Bonchev–Trinajstić information content (AvgIpc) is 2.85. The van der Waals surface area contributed by atoms with Gasteiger partial charge in [0.2, 0.25) is 0 Å². The van der Waals surface area contributed by atoms with Gasteiger partial charge in [0.05, 0.1) is 5.56 Å². The van der Waals surface area contributed by atoms with Gasteiger partial charge in [-0.3, -0.25) is 4.79 Å². The quantitative estimate of drug-likeness (QED) is 0.545. The lowest BCUT2D eigenvalue weighted by Crippen LogP contribution is -2.33. The van der Waals surface area contributed by atoms with Crippen molar-refractivity contribution in [3.63, 3.8) is 0 Å².